The number of benzene rings is 2. The minimum Gasteiger partial charge on any atom is -0.457 e. The monoisotopic (exact) mass is 523 g/mol. The summed E-state index contributed by atoms with van der Waals surface area (Å²) in [5, 5.41) is 14.7. The van der Waals surface area contributed by atoms with E-state index in [4.69, 9.17) is 15.6 Å². The first kappa shape index (κ1) is 24.6. The van der Waals surface area contributed by atoms with Crippen molar-refractivity contribution in [1.29, 1.82) is 5.26 Å². The van der Waals surface area contributed by atoms with E-state index in [0.29, 0.717) is 47.2 Å². The third kappa shape index (κ3) is 4.91. The Morgan fingerprint density at radius 1 is 1.15 bits per heavy atom. The molecule has 1 saturated heterocycles. The Labute approximate surface area is 224 Å². The summed E-state index contributed by atoms with van der Waals surface area (Å²) in [4.78, 5) is 23.4. The number of nitriles is 1. The van der Waals surface area contributed by atoms with Crippen LogP contribution in [-0.2, 0) is 11.3 Å². The minimum absolute atomic E-state index is 0.184. The third-order valence-electron chi connectivity index (χ3n) is 7.13. The van der Waals surface area contributed by atoms with E-state index in [2.05, 4.69) is 16.0 Å². The van der Waals surface area contributed by atoms with E-state index in [1.807, 2.05) is 18.2 Å². The topological polar surface area (TPSA) is 123 Å². The van der Waals surface area contributed by atoms with Gasteiger partial charge in [-0.2, -0.15) is 10.4 Å². The molecule has 6 rings (SSSR count). The Bertz CT molecular complexity index is 1620. The number of hydrogen-bond acceptors (Lipinski definition) is 7. The minimum atomic E-state index is -0.528. The van der Waals surface area contributed by atoms with Crippen LogP contribution in [0.2, 0.25) is 0 Å². The van der Waals surface area contributed by atoms with Gasteiger partial charge in [-0.1, -0.05) is 24.3 Å². The third-order valence-corrected chi connectivity index (χ3v) is 7.13. The van der Waals surface area contributed by atoms with Crippen LogP contribution in [0.1, 0.15) is 25.7 Å². The van der Waals surface area contributed by atoms with Crippen molar-refractivity contribution in [2.24, 2.45) is 5.92 Å². The first-order chi connectivity index (χ1) is 19.0. The molecular formula is C29H26FN7O2. The molecule has 2 aromatic heterocycles. The number of likely N-dealkylation sites (tertiary alicyclic amines) is 1. The first-order valence-corrected chi connectivity index (χ1v) is 12.9. The predicted molar refractivity (Wildman–Crippen MR) is 143 cm³/mol. The summed E-state index contributed by atoms with van der Waals surface area (Å²) in [6.45, 7) is 0.894. The first-order valence-electron chi connectivity index (χ1n) is 12.9. The summed E-state index contributed by atoms with van der Waals surface area (Å²) < 4.78 is 22.8. The highest BCUT2D eigenvalue weighted by Crippen LogP contribution is 2.35. The number of ether oxygens (including phenoxy) is 1. The summed E-state index contributed by atoms with van der Waals surface area (Å²) in [6, 6.07) is 15.6. The van der Waals surface area contributed by atoms with Gasteiger partial charge in [-0.3, -0.25) is 4.79 Å². The van der Waals surface area contributed by atoms with Gasteiger partial charge in [0.2, 0.25) is 0 Å². The molecule has 3 heterocycles. The lowest BCUT2D eigenvalue weighted by Crippen LogP contribution is -2.39. The van der Waals surface area contributed by atoms with Crippen molar-refractivity contribution >= 4 is 22.8 Å². The average Bonchev–Trinajstić information content (AvgIpc) is 3.52. The highest BCUT2D eigenvalue weighted by Gasteiger charge is 2.33. The maximum Gasteiger partial charge on any atom is 0.264 e. The summed E-state index contributed by atoms with van der Waals surface area (Å²) in [6.07, 6.45) is 6.74. The zero-order valence-corrected chi connectivity index (χ0v) is 21.1. The van der Waals surface area contributed by atoms with Crippen molar-refractivity contribution in [1.82, 2.24) is 24.6 Å². The van der Waals surface area contributed by atoms with E-state index < -0.39 is 5.82 Å². The Kier molecular flexibility index (Phi) is 6.40. The number of allylic oxidation sites excluding steroid dienone is 1. The number of amides is 1. The van der Waals surface area contributed by atoms with E-state index in [-0.39, 0.29) is 28.9 Å². The largest absolute Gasteiger partial charge is 0.457 e. The van der Waals surface area contributed by atoms with Crippen molar-refractivity contribution < 1.29 is 13.9 Å². The fourth-order valence-electron chi connectivity index (χ4n) is 5.02. The van der Waals surface area contributed by atoms with E-state index >= 15 is 4.39 Å². The molecular weight excluding hydrogens is 497 g/mol. The summed E-state index contributed by atoms with van der Waals surface area (Å²) in [5.74, 6) is 0.671. The summed E-state index contributed by atoms with van der Waals surface area (Å²) >= 11 is 0. The number of aromatic nitrogens is 4. The molecule has 39 heavy (non-hydrogen) atoms. The van der Waals surface area contributed by atoms with Crippen molar-refractivity contribution in [3.8, 4) is 28.8 Å². The zero-order valence-electron chi connectivity index (χ0n) is 21.1. The molecule has 1 saturated carbocycles. The molecule has 1 amide bonds. The molecule has 2 aromatic carbocycles. The standard InChI is InChI=1S/C29H26FN7O2/c30-24-14-22(39-21-6-2-1-3-7-21)10-11-23(24)26-25-27(32)33-17-34-28(25)37(35-26)16-20-5-4-12-36(20)29(38)19(15-31)13-18-8-9-18/h1-3,6-7,10-11,13-14,17-18,20H,4-5,8-9,12,16H2,(H2,32,33,34)/b19-13-. The predicted octanol–water partition coefficient (Wildman–Crippen LogP) is 4.86. The van der Waals surface area contributed by atoms with E-state index in [1.165, 1.54) is 12.4 Å². The molecule has 9 nitrogen and oxygen atoms in total. The van der Waals surface area contributed by atoms with Gasteiger partial charge in [-0.15, -0.1) is 0 Å². The molecule has 196 valence electrons. The van der Waals surface area contributed by atoms with Crippen molar-refractivity contribution in [2.75, 3.05) is 12.3 Å². The number of anilines is 1. The second kappa shape index (κ2) is 10.2. The van der Waals surface area contributed by atoms with E-state index in [1.54, 1.807) is 39.9 Å². The molecule has 4 aromatic rings. The Morgan fingerprint density at radius 3 is 2.72 bits per heavy atom. The maximum absolute atomic E-state index is 15.4. The maximum atomic E-state index is 15.4. The summed E-state index contributed by atoms with van der Waals surface area (Å²) in [7, 11) is 0. The normalized spacial score (nSPS) is 17.4. The lowest BCUT2D eigenvalue weighted by Gasteiger charge is -2.24. The molecule has 2 aliphatic rings. The highest BCUT2D eigenvalue weighted by molar-refractivity contribution is 5.99. The molecule has 1 atom stereocenters. The van der Waals surface area contributed by atoms with Crippen molar-refractivity contribution in [2.45, 2.75) is 38.3 Å². The number of carbonyl (C=O) groups excluding carboxylic acids is 1. The van der Waals surface area contributed by atoms with Gasteiger partial charge in [0.15, 0.2) is 5.65 Å². The van der Waals surface area contributed by atoms with Gasteiger partial charge in [0.25, 0.3) is 5.91 Å². The van der Waals surface area contributed by atoms with Gasteiger partial charge in [0.05, 0.1) is 18.0 Å². The average molecular weight is 524 g/mol. The molecule has 0 radical (unpaired) electrons. The molecule has 1 aliphatic carbocycles. The number of nitrogen functional groups attached to an aromatic ring is 1. The number of hydrogen-bond donors (Lipinski definition) is 1. The van der Waals surface area contributed by atoms with Crippen molar-refractivity contribution in [3.05, 3.63) is 72.3 Å². The van der Waals surface area contributed by atoms with Gasteiger partial charge >= 0.3 is 0 Å². The second-order valence-electron chi connectivity index (χ2n) is 9.87. The molecule has 0 bridgehead atoms. The fourth-order valence-corrected chi connectivity index (χ4v) is 5.02. The molecule has 2 N–H and O–H groups in total. The Hall–Kier alpha value is -4.78. The molecule has 10 heteroatoms. The smallest absolute Gasteiger partial charge is 0.264 e. The number of nitrogens with two attached hydrogens (primary N) is 1. The number of carbonyl (C=O) groups is 1. The number of halogens is 1. The van der Waals surface area contributed by atoms with Gasteiger partial charge in [0.1, 0.15) is 46.8 Å². The van der Waals surface area contributed by atoms with Crippen LogP contribution >= 0.6 is 0 Å². The summed E-state index contributed by atoms with van der Waals surface area (Å²) in [5.41, 5.74) is 7.42. The van der Waals surface area contributed by atoms with Crippen LogP contribution in [0.25, 0.3) is 22.3 Å². The number of para-hydroxylation sites is 1. The van der Waals surface area contributed by atoms with Crippen LogP contribution in [0.15, 0.2) is 66.5 Å². The Morgan fingerprint density at radius 2 is 1.97 bits per heavy atom. The van der Waals surface area contributed by atoms with Gasteiger partial charge in [-0.25, -0.2) is 19.0 Å². The van der Waals surface area contributed by atoms with Crippen LogP contribution in [0.4, 0.5) is 10.2 Å². The lowest BCUT2D eigenvalue weighted by molar-refractivity contribution is -0.127. The zero-order chi connectivity index (χ0) is 26.9. The van der Waals surface area contributed by atoms with Crippen LogP contribution in [-0.4, -0.2) is 43.1 Å². The van der Waals surface area contributed by atoms with Crippen molar-refractivity contribution in [3.63, 3.8) is 0 Å². The number of nitrogens with zero attached hydrogens (tertiary/aromatic N) is 6. The van der Waals surface area contributed by atoms with Crippen LogP contribution in [0.5, 0.6) is 11.5 Å². The SMILES string of the molecule is N#C/C(=C/C1CC1)C(=O)N1CCCC1Cn1nc(-c2ccc(Oc3ccccc3)cc2F)c2c(N)ncnc21. The fraction of sp³-hybridized carbons (Fsp3) is 0.276. The van der Waals surface area contributed by atoms with Crippen LogP contribution < -0.4 is 10.5 Å². The van der Waals surface area contributed by atoms with Crippen LogP contribution in [0, 0.1) is 23.1 Å². The molecule has 0 spiro atoms. The highest BCUT2D eigenvalue weighted by atomic mass is 19.1. The number of fused-ring (bicyclic) bond motifs is 1. The van der Waals surface area contributed by atoms with E-state index in [9.17, 15) is 10.1 Å². The second-order valence-corrected chi connectivity index (χ2v) is 9.87. The lowest BCUT2D eigenvalue weighted by atomic mass is 10.1. The number of rotatable bonds is 7. The van der Waals surface area contributed by atoms with Gasteiger partial charge in [-0.05, 0) is 55.9 Å². The molecule has 1 aliphatic heterocycles. The molecule has 1 unspecified atom stereocenters. The van der Waals surface area contributed by atoms with E-state index in [0.717, 1.165) is 25.7 Å². The molecule has 2 fully saturated rings. The Balaban J connectivity index is 1.32. The quantitative estimate of drug-likeness (QED) is 0.271. The van der Waals surface area contributed by atoms with Gasteiger partial charge in [0, 0.05) is 18.2 Å². The van der Waals surface area contributed by atoms with Crippen LogP contribution in [0.3, 0.4) is 0 Å². The van der Waals surface area contributed by atoms with Gasteiger partial charge < -0.3 is 15.4 Å².